The maximum absolute atomic E-state index is 14.0. The van der Waals surface area contributed by atoms with E-state index in [2.05, 4.69) is 10.6 Å². The third-order valence-electron chi connectivity index (χ3n) is 5.77. The summed E-state index contributed by atoms with van der Waals surface area (Å²) < 4.78 is 5.43. The Labute approximate surface area is 220 Å². The molecule has 0 heterocycles. The van der Waals surface area contributed by atoms with Gasteiger partial charge in [0.15, 0.2) is 0 Å². The van der Waals surface area contributed by atoms with Crippen molar-refractivity contribution in [1.82, 2.24) is 15.5 Å². The number of phenols is 1. The van der Waals surface area contributed by atoms with Crippen LogP contribution in [-0.4, -0.2) is 52.1 Å². The number of amides is 3. The maximum Gasteiger partial charge on any atom is 0.408 e. The predicted molar refractivity (Wildman–Crippen MR) is 144 cm³/mol. The Kier molecular flexibility index (Phi) is 11.0. The summed E-state index contributed by atoms with van der Waals surface area (Å²) in [5, 5.41) is 15.5. The first kappa shape index (κ1) is 29.7. The third kappa shape index (κ3) is 9.44. The molecule has 0 radical (unpaired) electrons. The minimum Gasteiger partial charge on any atom is -0.508 e. The molecule has 0 aliphatic rings. The Morgan fingerprint density at radius 1 is 0.973 bits per heavy atom. The Bertz CT molecular complexity index is 1020. The number of rotatable bonds is 11. The molecule has 0 spiro atoms. The number of carbonyl (C=O) groups is 3. The Morgan fingerprint density at radius 2 is 1.59 bits per heavy atom. The summed E-state index contributed by atoms with van der Waals surface area (Å²) in [7, 11) is 0. The van der Waals surface area contributed by atoms with Gasteiger partial charge in [0.1, 0.15) is 23.4 Å². The molecule has 0 saturated heterocycles. The maximum atomic E-state index is 14.0. The Hall–Kier alpha value is -3.55. The van der Waals surface area contributed by atoms with Gasteiger partial charge in [-0.3, -0.25) is 9.59 Å². The molecular weight excluding hydrogens is 470 g/mol. The normalized spacial score (nSPS) is 13.7. The van der Waals surface area contributed by atoms with Crippen LogP contribution in [0.4, 0.5) is 4.79 Å². The first-order chi connectivity index (χ1) is 17.4. The molecule has 2 rings (SSSR count). The highest BCUT2D eigenvalue weighted by Gasteiger charge is 2.36. The molecule has 3 amide bonds. The first-order valence-corrected chi connectivity index (χ1v) is 12.9. The number of hydrogen-bond acceptors (Lipinski definition) is 5. The molecule has 3 atom stereocenters. The lowest BCUT2D eigenvalue weighted by molar-refractivity contribution is -0.142. The molecule has 3 unspecified atom stereocenters. The van der Waals surface area contributed by atoms with Crippen LogP contribution in [0.25, 0.3) is 0 Å². The SMILES string of the molecule is CCCC(C)NC(=O)C(c1ccc(O)cc1)N(CC)C(=O)C(Cc1ccccc1)NC(=O)OC(C)(C)C. The summed E-state index contributed by atoms with van der Waals surface area (Å²) in [5.41, 5.74) is 0.679. The predicted octanol–water partition coefficient (Wildman–Crippen LogP) is 4.72. The molecule has 0 aliphatic heterocycles. The quantitative estimate of drug-likeness (QED) is 0.405. The number of nitrogens with zero attached hydrogens (tertiary/aromatic N) is 1. The van der Waals surface area contributed by atoms with Crippen molar-refractivity contribution in [3.63, 3.8) is 0 Å². The standard InChI is InChI=1S/C29H41N3O5/c1-7-12-20(3)30-26(34)25(22-15-17-23(33)18-16-22)32(8-2)27(35)24(19-21-13-10-9-11-14-21)31-28(36)37-29(4,5)6/h9-11,13-18,20,24-25,33H,7-8,12,19H2,1-6H3,(H,30,34)(H,31,36). The van der Waals surface area contributed by atoms with Gasteiger partial charge in [0.25, 0.3) is 0 Å². The molecule has 8 nitrogen and oxygen atoms in total. The number of alkyl carbamates (subject to hydrolysis) is 1. The van der Waals surface area contributed by atoms with Crippen LogP contribution in [-0.2, 0) is 20.7 Å². The second-order valence-corrected chi connectivity index (χ2v) is 10.2. The van der Waals surface area contributed by atoms with Crippen molar-refractivity contribution in [1.29, 1.82) is 0 Å². The van der Waals surface area contributed by atoms with Crippen molar-refractivity contribution < 1.29 is 24.2 Å². The molecule has 0 fully saturated rings. The van der Waals surface area contributed by atoms with Gasteiger partial charge in [-0.25, -0.2) is 4.79 Å². The molecule has 0 bridgehead atoms. The van der Waals surface area contributed by atoms with Gasteiger partial charge < -0.3 is 25.4 Å². The van der Waals surface area contributed by atoms with Gasteiger partial charge in [0.2, 0.25) is 11.8 Å². The zero-order valence-electron chi connectivity index (χ0n) is 22.8. The Balaban J connectivity index is 2.44. The van der Waals surface area contributed by atoms with Crippen LogP contribution in [0.1, 0.15) is 71.6 Å². The lowest BCUT2D eigenvalue weighted by Crippen LogP contribution is -2.54. The summed E-state index contributed by atoms with van der Waals surface area (Å²) in [6.45, 7) is 11.2. The fraction of sp³-hybridized carbons (Fsp3) is 0.483. The van der Waals surface area contributed by atoms with Crippen molar-refractivity contribution in [3.05, 3.63) is 65.7 Å². The number of nitrogens with one attached hydrogen (secondary N) is 2. The zero-order valence-corrected chi connectivity index (χ0v) is 22.8. The summed E-state index contributed by atoms with van der Waals surface area (Å²) >= 11 is 0. The van der Waals surface area contributed by atoms with Gasteiger partial charge in [0.05, 0.1) is 0 Å². The zero-order chi connectivity index (χ0) is 27.6. The van der Waals surface area contributed by atoms with Crippen LogP contribution in [0.5, 0.6) is 5.75 Å². The second kappa shape index (κ2) is 13.7. The summed E-state index contributed by atoms with van der Waals surface area (Å²) in [6, 6.07) is 13.6. The highest BCUT2D eigenvalue weighted by molar-refractivity contribution is 5.92. The lowest BCUT2D eigenvalue weighted by Gasteiger charge is -2.34. The van der Waals surface area contributed by atoms with Crippen LogP contribution in [0.15, 0.2) is 54.6 Å². The van der Waals surface area contributed by atoms with Gasteiger partial charge in [0, 0.05) is 19.0 Å². The van der Waals surface area contributed by atoms with E-state index in [0.717, 1.165) is 18.4 Å². The minimum absolute atomic E-state index is 0.0604. The lowest BCUT2D eigenvalue weighted by atomic mass is 10.00. The monoisotopic (exact) mass is 511 g/mol. The fourth-order valence-corrected chi connectivity index (χ4v) is 4.12. The van der Waals surface area contributed by atoms with Crippen LogP contribution < -0.4 is 10.6 Å². The summed E-state index contributed by atoms with van der Waals surface area (Å²) in [6.07, 6.45) is 1.22. The van der Waals surface area contributed by atoms with Gasteiger partial charge in [-0.1, -0.05) is 55.8 Å². The van der Waals surface area contributed by atoms with Gasteiger partial charge >= 0.3 is 6.09 Å². The number of aromatic hydroxyl groups is 1. The molecule has 2 aromatic carbocycles. The molecule has 0 saturated carbocycles. The van der Waals surface area contributed by atoms with Crippen molar-refractivity contribution >= 4 is 17.9 Å². The number of likely N-dealkylation sites (N-methyl/N-ethyl adjacent to an activating group) is 1. The van der Waals surface area contributed by atoms with Crippen molar-refractivity contribution in [2.24, 2.45) is 0 Å². The van der Waals surface area contributed by atoms with Crippen LogP contribution in [0.2, 0.25) is 0 Å². The van der Waals surface area contributed by atoms with E-state index >= 15 is 0 Å². The number of benzene rings is 2. The average Bonchev–Trinajstić information content (AvgIpc) is 2.82. The van der Waals surface area contributed by atoms with Crippen LogP contribution in [0, 0.1) is 0 Å². The highest BCUT2D eigenvalue weighted by atomic mass is 16.6. The van der Waals surface area contributed by atoms with Crippen LogP contribution >= 0.6 is 0 Å². The summed E-state index contributed by atoms with van der Waals surface area (Å²) in [4.78, 5) is 41.7. The molecule has 0 aromatic heterocycles. The molecule has 0 aliphatic carbocycles. The van der Waals surface area contributed by atoms with E-state index in [-0.39, 0.29) is 30.7 Å². The number of hydrogen-bond donors (Lipinski definition) is 3. The number of ether oxygens (including phenoxy) is 1. The van der Waals surface area contributed by atoms with Crippen molar-refractivity contribution in [3.8, 4) is 5.75 Å². The molecule has 2 aromatic rings. The van der Waals surface area contributed by atoms with Gasteiger partial charge in [-0.05, 0) is 64.3 Å². The second-order valence-electron chi connectivity index (χ2n) is 10.2. The van der Waals surface area contributed by atoms with E-state index in [4.69, 9.17) is 4.74 Å². The number of phenolic OH excluding ortho intramolecular Hbond substituents is 1. The van der Waals surface area contributed by atoms with E-state index < -0.39 is 29.7 Å². The highest BCUT2D eigenvalue weighted by Crippen LogP contribution is 2.25. The molecular formula is C29H41N3O5. The van der Waals surface area contributed by atoms with E-state index in [1.165, 1.54) is 17.0 Å². The van der Waals surface area contributed by atoms with Gasteiger partial charge in [-0.2, -0.15) is 0 Å². The smallest absolute Gasteiger partial charge is 0.408 e. The number of carbonyl (C=O) groups excluding carboxylic acids is 3. The third-order valence-corrected chi connectivity index (χ3v) is 5.77. The van der Waals surface area contributed by atoms with E-state index in [9.17, 15) is 19.5 Å². The first-order valence-electron chi connectivity index (χ1n) is 12.9. The topological polar surface area (TPSA) is 108 Å². The van der Waals surface area contributed by atoms with Gasteiger partial charge in [-0.15, -0.1) is 0 Å². The molecule has 3 N–H and O–H groups in total. The van der Waals surface area contributed by atoms with Crippen molar-refractivity contribution in [2.75, 3.05) is 6.54 Å². The van der Waals surface area contributed by atoms with Crippen molar-refractivity contribution in [2.45, 2.75) is 84.5 Å². The fourth-order valence-electron chi connectivity index (χ4n) is 4.12. The van der Waals surface area contributed by atoms with E-state index in [1.807, 2.05) is 44.2 Å². The summed E-state index contributed by atoms with van der Waals surface area (Å²) in [5.74, 6) is -0.670. The largest absolute Gasteiger partial charge is 0.508 e. The molecule has 8 heteroatoms. The Morgan fingerprint density at radius 3 is 2.14 bits per heavy atom. The van der Waals surface area contributed by atoms with E-state index in [1.54, 1.807) is 39.8 Å². The minimum atomic E-state index is -0.960. The molecule has 202 valence electrons. The molecule has 37 heavy (non-hydrogen) atoms. The van der Waals surface area contributed by atoms with E-state index in [0.29, 0.717) is 5.56 Å². The van der Waals surface area contributed by atoms with Crippen LogP contribution in [0.3, 0.4) is 0 Å². The average molecular weight is 512 g/mol.